The van der Waals surface area contributed by atoms with Gasteiger partial charge in [0, 0.05) is 18.8 Å². The number of hydrogen-bond donors (Lipinski definition) is 0. The molecule has 0 aliphatic carbocycles. The van der Waals surface area contributed by atoms with E-state index in [2.05, 4.69) is 42.7 Å². The molecular weight excluding hydrogens is 186 g/mol. The van der Waals surface area contributed by atoms with E-state index in [1.165, 1.54) is 11.3 Å². The Morgan fingerprint density at radius 3 is 2.73 bits per heavy atom. The lowest BCUT2D eigenvalue weighted by atomic mass is 10.2. The SMILES string of the molecule is C=Cc1ccc(N2CCOC(C)C2)cc1. The average molecular weight is 203 g/mol. The Kier molecular flexibility index (Phi) is 3.07. The fourth-order valence-electron chi connectivity index (χ4n) is 1.87. The van der Waals surface area contributed by atoms with Crippen LogP contribution in [0.5, 0.6) is 0 Å². The van der Waals surface area contributed by atoms with Crippen LogP contribution in [-0.4, -0.2) is 25.8 Å². The van der Waals surface area contributed by atoms with Crippen molar-refractivity contribution in [3.63, 3.8) is 0 Å². The Labute approximate surface area is 91.2 Å². The van der Waals surface area contributed by atoms with Gasteiger partial charge < -0.3 is 9.64 Å². The first-order chi connectivity index (χ1) is 7.29. The van der Waals surface area contributed by atoms with Crippen LogP contribution in [0, 0.1) is 0 Å². The van der Waals surface area contributed by atoms with E-state index >= 15 is 0 Å². The van der Waals surface area contributed by atoms with Crippen molar-refractivity contribution in [2.24, 2.45) is 0 Å². The average Bonchev–Trinajstić information content (AvgIpc) is 2.29. The number of rotatable bonds is 2. The molecule has 0 radical (unpaired) electrons. The van der Waals surface area contributed by atoms with Crippen LogP contribution >= 0.6 is 0 Å². The zero-order valence-electron chi connectivity index (χ0n) is 9.15. The molecule has 1 aliphatic rings. The van der Waals surface area contributed by atoms with Crippen LogP contribution in [0.2, 0.25) is 0 Å². The summed E-state index contributed by atoms with van der Waals surface area (Å²) in [6.07, 6.45) is 2.20. The fraction of sp³-hybridized carbons (Fsp3) is 0.385. The van der Waals surface area contributed by atoms with E-state index in [1.807, 2.05) is 6.08 Å². The summed E-state index contributed by atoms with van der Waals surface area (Å²) in [5, 5.41) is 0. The van der Waals surface area contributed by atoms with Crippen LogP contribution in [0.1, 0.15) is 12.5 Å². The Morgan fingerprint density at radius 2 is 2.13 bits per heavy atom. The molecule has 2 nitrogen and oxygen atoms in total. The number of nitrogens with zero attached hydrogens (tertiary/aromatic N) is 1. The van der Waals surface area contributed by atoms with Crippen LogP contribution in [0.25, 0.3) is 6.08 Å². The van der Waals surface area contributed by atoms with Gasteiger partial charge in [-0.15, -0.1) is 0 Å². The molecule has 1 unspecified atom stereocenters. The third-order valence-electron chi connectivity index (χ3n) is 2.74. The summed E-state index contributed by atoms with van der Waals surface area (Å²) in [6, 6.07) is 8.50. The second kappa shape index (κ2) is 4.49. The molecule has 1 aromatic carbocycles. The first-order valence-corrected chi connectivity index (χ1v) is 5.38. The minimum absolute atomic E-state index is 0.331. The summed E-state index contributed by atoms with van der Waals surface area (Å²) in [4.78, 5) is 2.36. The van der Waals surface area contributed by atoms with Gasteiger partial charge in [0.1, 0.15) is 0 Å². The highest BCUT2D eigenvalue weighted by molar-refractivity contribution is 5.55. The molecule has 0 bridgehead atoms. The molecule has 2 rings (SSSR count). The first-order valence-electron chi connectivity index (χ1n) is 5.38. The molecule has 0 amide bonds. The van der Waals surface area contributed by atoms with E-state index in [1.54, 1.807) is 0 Å². The molecule has 1 heterocycles. The number of anilines is 1. The summed E-state index contributed by atoms with van der Waals surface area (Å²) in [5.41, 5.74) is 2.44. The molecule has 0 spiro atoms. The number of benzene rings is 1. The zero-order valence-corrected chi connectivity index (χ0v) is 9.15. The van der Waals surface area contributed by atoms with E-state index < -0.39 is 0 Å². The van der Waals surface area contributed by atoms with Gasteiger partial charge in [-0.05, 0) is 24.6 Å². The molecule has 1 fully saturated rings. The minimum atomic E-state index is 0.331. The number of ether oxygens (including phenoxy) is 1. The lowest BCUT2D eigenvalue weighted by Crippen LogP contribution is -2.41. The second-order valence-corrected chi connectivity index (χ2v) is 3.92. The highest BCUT2D eigenvalue weighted by atomic mass is 16.5. The van der Waals surface area contributed by atoms with Crippen molar-refractivity contribution in [3.8, 4) is 0 Å². The molecule has 80 valence electrons. The van der Waals surface area contributed by atoms with Gasteiger partial charge >= 0.3 is 0 Å². The van der Waals surface area contributed by atoms with Crippen molar-refractivity contribution in [1.82, 2.24) is 0 Å². The predicted molar refractivity (Wildman–Crippen MR) is 64.2 cm³/mol. The predicted octanol–water partition coefficient (Wildman–Crippen LogP) is 2.55. The molecule has 1 aliphatic heterocycles. The Bertz CT molecular complexity index is 331. The molecule has 0 saturated carbocycles. The summed E-state index contributed by atoms with van der Waals surface area (Å²) in [7, 11) is 0. The van der Waals surface area contributed by atoms with E-state index in [-0.39, 0.29) is 0 Å². The normalized spacial score (nSPS) is 21.4. The molecule has 2 heteroatoms. The van der Waals surface area contributed by atoms with Crippen molar-refractivity contribution in [3.05, 3.63) is 36.4 Å². The maximum absolute atomic E-state index is 5.52. The molecule has 0 aromatic heterocycles. The highest BCUT2D eigenvalue weighted by Gasteiger charge is 2.16. The first kappa shape index (κ1) is 10.2. The quantitative estimate of drug-likeness (QED) is 0.732. The summed E-state index contributed by atoms with van der Waals surface area (Å²) < 4.78 is 5.52. The van der Waals surface area contributed by atoms with Gasteiger partial charge in [0.15, 0.2) is 0 Å². The van der Waals surface area contributed by atoms with E-state index in [0.29, 0.717) is 6.10 Å². The summed E-state index contributed by atoms with van der Waals surface area (Å²) in [6.45, 7) is 8.65. The second-order valence-electron chi connectivity index (χ2n) is 3.92. The molecule has 0 N–H and O–H groups in total. The summed E-state index contributed by atoms with van der Waals surface area (Å²) in [5.74, 6) is 0. The lowest BCUT2D eigenvalue weighted by Gasteiger charge is -2.32. The van der Waals surface area contributed by atoms with Gasteiger partial charge in [-0.2, -0.15) is 0 Å². The number of hydrogen-bond acceptors (Lipinski definition) is 2. The Balaban J connectivity index is 2.11. The molecular formula is C13H17NO. The fourth-order valence-corrected chi connectivity index (χ4v) is 1.87. The topological polar surface area (TPSA) is 12.5 Å². The van der Waals surface area contributed by atoms with Crippen LogP contribution in [0.3, 0.4) is 0 Å². The van der Waals surface area contributed by atoms with Crippen LogP contribution in [0.15, 0.2) is 30.8 Å². The van der Waals surface area contributed by atoms with Crippen molar-refractivity contribution in [2.75, 3.05) is 24.6 Å². The number of morpholine rings is 1. The van der Waals surface area contributed by atoms with Crippen molar-refractivity contribution >= 4 is 11.8 Å². The van der Waals surface area contributed by atoms with Crippen LogP contribution < -0.4 is 4.90 Å². The van der Waals surface area contributed by atoms with Gasteiger partial charge in [0.2, 0.25) is 0 Å². The van der Waals surface area contributed by atoms with Crippen LogP contribution in [0.4, 0.5) is 5.69 Å². The van der Waals surface area contributed by atoms with Gasteiger partial charge in [-0.1, -0.05) is 24.8 Å². The van der Waals surface area contributed by atoms with Crippen molar-refractivity contribution in [2.45, 2.75) is 13.0 Å². The molecule has 1 atom stereocenters. The Hall–Kier alpha value is -1.28. The standard InChI is InChI=1S/C13H17NO/c1-3-12-4-6-13(7-5-12)14-8-9-15-11(2)10-14/h3-7,11H,1,8-10H2,2H3. The van der Waals surface area contributed by atoms with Gasteiger partial charge in [-0.3, -0.25) is 0 Å². The smallest absolute Gasteiger partial charge is 0.0722 e. The third kappa shape index (κ3) is 2.39. The monoisotopic (exact) mass is 203 g/mol. The van der Waals surface area contributed by atoms with Gasteiger partial charge in [0.25, 0.3) is 0 Å². The molecule has 1 aromatic rings. The zero-order chi connectivity index (χ0) is 10.7. The molecule has 15 heavy (non-hydrogen) atoms. The van der Waals surface area contributed by atoms with E-state index in [4.69, 9.17) is 4.74 Å². The van der Waals surface area contributed by atoms with E-state index in [9.17, 15) is 0 Å². The Morgan fingerprint density at radius 1 is 1.40 bits per heavy atom. The third-order valence-corrected chi connectivity index (χ3v) is 2.74. The minimum Gasteiger partial charge on any atom is -0.375 e. The maximum Gasteiger partial charge on any atom is 0.0722 e. The largest absolute Gasteiger partial charge is 0.375 e. The lowest BCUT2D eigenvalue weighted by molar-refractivity contribution is 0.0532. The van der Waals surface area contributed by atoms with Gasteiger partial charge in [0.05, 0.1) is 12.7 Å². The van der Waals surface area contributed by atoms with E-state index in [0.717, 1.165) is 19.7 Å². The highest BCUT2D eigenvalue weighted by Crippen LogP contribution is 2.18. The van der Waals surface area contributed by atoms with Crippen LogP contribution in [-0.2, 0) is 4.74 Å². The molecule has 1 saturated heterocycles. The van der Waals surface area contributed by atoms with Gasteiger partial charge in [-0.25, -0.2) is 0 Å². The maximum atomic E-state index is 5.52. The summed E-state index contributed by atoms with van der Waals surface area (Å²) >= 11 is 0. The van der Waals surface area contributed by atoms with Crippen molar-refractivity contribution < 1.29 is 4.74 Å². The van der Waals surface area contributed by atoms with Crippen molar-refractivity contribution in [1.29, 1.82) is 0 Å².